The number of ether oxygens (including phenoxy) is 1. The quantitative estimate of drug-likeness (QED) is 0.862. The molecule has 2 atom stereocenters. The maximum Gasteiger partial charge on any atom is 0.117 e. The van der Waals surface area contributed by atoms with Gasteiger partial charge >= 0.3 is 0 Å². The van der Waals surface area contributed by atoms with Gasteiger partial charge in [0.15, 0.2) is 0 Å². The van der Waals surface area contributed by atoms with E-state index in [0.717, 1.165) is 51.1 Å². The third kappa shape index (κ3) is 3.17. The highest BCUT2D eigenvalue weighted by Gasteiger charge is 2.38. The van der Waals surface area contributed by atoms with Crippen LogP contribution < -0.4 is 5.32 Å². The first-order valence-electron chi connectivity index (χ1n) is 7.71. The van der Waals surface area contributed by atoms with Gasteiger partial charge in [0.25, 0.3) is 0 Å². The fraction of sp³-hybridized carbons (Fsp3) is 0.733. The summed E-state index contributed by atoms with van der Waals surface area (Å²) in [7, 11) is 0. The molecule has 0 radical (unpaired) electrons. The van der Waals surface area contributed by atoms with Gasteiger partial charge in [-0.05, 0) is 25.7 Å². The van der Waals surface area contributed by atoms with Gasteiger partial charge < -0.3 is 10.1 Å². The zero-order valence-electron chi connectivity index (χ0n) is 13.1. The summed E-state index contributed by atoms with van der Waals surface area (Å²) in [5.74, 6) is 2.49. The lowest BCUT2D eigenvalue weighted by Crippen LogP contribution is -2.50. The van der Waals surface area contributed by atoms with Crippen LogP contribution in [0, 0.1) is 5.92 Å². The van der Waals surface area contributed by atoms with Crippen molar-refractivity contribution < 1.29 is 4.74 Å². The lowest BCUT2D eigenvalue weighted by atomic mass is 9.97. The second-order valence-electron chi connectivity index (χ2n) is 5.67. The van der Waals surface area contributed by atoms with Crippen LogP contribution in [0.2, 0.25) is 0 Å². The van der Waals surface area contributed by atoms with E-state index in [0.29, 0.717) is 5.92 Å². The summed E-state index contributed by atoms with van der Waals surface area (Å²) in [4.78, 5) is 13.4. The second-order valence-corrected chi connectivity index (χ2v) is 7.01. The Bertz CT molecular complexity index is 494. The molecule has 21 heavy (non-hydrogen) atoms. The highest BCUT2D eigenvalue weighted by atomic mass is 32.2. The van der Waals surface area contributed by atoms with E-state index in [1.807, 2.05) is 11.8 Å². The third-order valence-electron chi connectivity index (χ3n) is 4.26. The third-order valence-corrected chi connectivity index (χ3v) is 5.55. The Labute approximate surface area is 130 Å². The maximum atomic E-state index is 5.41. The Hall–Kier alpha value is -0.850. The highest BCUT2D eigenvalue weighted by molar-refractivity contribution is 8.04. The van der Waals surface area contributed by atoms with E-state index in [9.17, 15) is 0 Å². The zero-order valence-corrected chi connectivity index (χ0v) is 13.9. The summed E-state index contributed by atoms with van der Waals surface area (Å²) in [5, 5.41) is 3.76. The summed E-state index contributed by atoms with van der Waals surface area (Å²) in [6, 6.07) is 0. The first-order chi connectivity index (χ1) is 10.2. The fourth-order valence-corrected chi connectivity index (χ4v) is 4.31. The number of aliphatic imine (C=N–C) groups is 2. The number of hydrogen-bond donors (Lipinski definition) is 1. The van der Waals surface area contributed by atoms with Crippen LogP contribution in [-0.2, 0) is 4.74 Å². The van der Waals surface area contributed by atoms with Gasteiger partial charge in [-0.15, -0.1) is 11.8 Å². The molecule has 1 saturated heterocycles. The van der Waals surface area contributed by atoms with Gasteiger partial charge in [0, 0.05) is 19.6 Å². The highest BCUT2D eigenvalue weighted by Crippen LogP contribution is 2.43. The molecule has 0 aromatic heterocycles. The Balaban J connectivity index is 1.76. The van der Waals surface area contributed by atoms with Crippen molar-refractivity contribution in [2.45, 2.75) is 26.1 Å². The van der Waals surface area contributed by atoms with Crippen molar-refractivity contribution in [3.05, 3.63) is 10.5 Å². The second kappa shape index (κ2) is 6.50. The van der Waals surface area contributed by atoms with Gasteiger partial charge in [0.1, 0.15) is 17.0 Å². The van der Waals surface area contributed by atoms with Gasteiger partial charge in [-0.2, -0.15) is 0 Å². The SMILES string of the molecule is CCN=C1NC(CN2CCOCC2)=N[C@@H]2SC(C)=C(C)[C@H]12. The van der Waals surface area contributed by atoms with E-state index >= 15 is 0 Å². The van der Waals surface area contributed by atoms with Crippen LogP contribution in [0.1, 0.15) is 20.8 Å². The van der Waals surface area contributed by atoms with Crippen molar-refractivity contribution in [1.29, 1.82) is 0 Å². The zero-order chi connectivity index (χ0) is 14.8. The Kier molecular flexibility index (Phi) is 4.66. The Morgan fingerprint density at radius 2 is 2.14 bits per heavy atom. The molecule has 6 heteroatoms. The number of hydrogen-bond acceptors (Lipinski definition) is 5. The molecule has 1 N–H and O–H groups in total. The van der Waals surface area contributed by atoms with Crippen molar-refractivity contribution in [2.75, 3.05) is 39.4 Å². The van der Waals surface area contributed by atoms with Crippen molar-refractivity contribution in [3.63, 3.8) is 0 Å². The van der Waals surface area contributed by atoms with E-state index in [2.05, 4.69) is 36.0 Å². The molecule has 3 rings (SSSR count). The lowest BCUT2D eigenvalue weighted by molar-refractivity contribution is 0.0450. The summed E-state index contributed by atoms with van der Waals surface area (Å²) in [5.41, 5.74) is 1.42. The molecule has 0 amide bonds. The average molecular weight is 308 g/mol. The molecule has 1 fully saturated rings. The molecule has 0 aromatic rings. The number of fused-ring (bicyclic) bond motifs is 1. The molecule has 3 heterocycles. The molecule has 3 aliphatic rings. The van der Waals surface area contributed by atoms with Crippen LogP contribution in [0.25, 0.3) is 0 Å². The largest absolute Gasteiger partial charge is 0.379 e. The summed E-state index contributed by atoms with van der Waals surface area (Å²) < 4.78 is 5.41. The molecule has 3 aliphatic heterocycles. The maximum absolute atomic E-state index is 5.41. The Morgan fingerprint density at radius 3 is 2.86 bits per heavy atom. The predicted molar refractivity (Wildman–Crippen MR) is 89.0 cm³/mol. The normalized spacial score (nSPS) is 32.1. The van der Waals surface area contributed by atoms with E-state index in [1.165, 1.54) is 10.5 Å². The van der Waals surface area contributed by atoms with Crippen molar-refractivity contribution in [3.8, 4) is 0 Å². The predicted octanol–water partition coefficient (Wildman–Crippen LogP) is 1.72. The first kappa shape index (κ1) is 15.1. The Morgan fingerprint density at radius 1 is 1.38 bits per heavy atom. The first-order valence-corrected chi connectivity index (χ1v) is 8.59. The van der Waals surface area contributed by atoms with Crippen LogP contribution in [0.5, 0.6) is 0 Å². The number of morpholine rings is 1. The number of rotatable bonds is 3. The van der Waals surface area contributed by atoms with Crippen LogP contribution in [0.15, 0.2) is 20.5 Å². The standard InChI is InChI=1S/C15H24N4OS/c1-4-16-14-13-10(2)11(3)21-15(13)18-12(17-14)9-19-5-7-20-8-6-19/h13,15H,4-9H2,1-3H3,(H,16,17,18)/t13-,15-/m1/s1. The molecule has 116 valence electrons. The molecular formula is C15H24N4OS. The van der Waals surface area contributed by atoms with E-state index < -0.39 is 0 Å². The average Bonchev–Trinajstić information content (AvgIpc) is 2.75. The molecule has 0 bridgehead atoms. The number of amidine groups is 2. The van der Waals surface area contributed by atoms with E-state index in [4.69, 9.17) is 9.73 Å². The monoisotopic (exact) mass is 308 g/mol. The fourth-order valence-electron chi connectivity index (χ4n) is 2.99. The van der Waals surface area contributed by atoms with Gasteiger partial charge in [-0.3, -0.25) is 14.9 Å². The number of thioether (sulfide) groups is 1. The molecular weight excluding hydrogens is 284 g/mol. The van der Waals surface area contributed by atoms with E-state index in [-0.39, 0.29) is 5.37 Å². The minimum Gasteiger partial charge on any atom is -0.379 e. The van der Waals surface area contributed by atoms with Crippen LogP contribution in [-0.4, -0.2) is 61.3 Å². The minimum atomic E-state index is 0.271. The molecule has 5 nitrogen and oxygen atoms in total. The summed E-state index contributed by atoms with van der Waals surface area (Å²) >= 11 is 1.88. The van der Waals surface area contributed by atoms with Gasteiger partial charge in [-0.25, -0.2) is 0 Å². The van der Waals surface area contributed by atoms with Crippen molar-refractivity contribution in [1.82, 2.24) is 10.2 Å². The van der Waals surface area contributed by atoms with Crippen LogP contribution >= 0.6 is 11.8 Å². The van der Waals surface area contributed by atoms with Crippen molar-refractivity contribution >= 4 is 23.4 Å². The number of nitrogens with one attached hydrogen (secondary N) is 1. The van der Waals surface area contributed by atoms with Gasteiger partial charge in [0.05, 0.1) is 25.7 Å². The minimum absolute atomic E-state index is 0.271. The molecule has 0 aromatic carbocycles. The summed E-state index contributed by atoms with van der Waals surface area (Å²) in [6.45, 7) is 11.8. The topological polar surface area (TPSA) is 49.2 Å². The van der Waals surface area contributed by atoms with E-state index in [1.54, 1.807) is 0 Å². The van der Waals surface area contributed by atoms with Crippen LogP contribution in [0.3, 0.4) is 0 Å². The molecule has 0 unspecified atom stereocenters. The number of nitrogens with zero attached hydrogens (tertiary/aromatic N) is 3. The molecule has 0 spiro atoms. The smallest absolute Gasteiger partial charge is 0.117 e. The van der Waals surface area contributed by atoms with Crippen molar-refractivity contribution in [2.24, 2.45) is 15.9 Å². The summed E-state index contributed by atoms with van der Waals surface area (Å²) in [6.07, 6.45) is 0. The molecule has 0 saturated carbocycles. The van der Waals surface area contributed by atoms with Gasteiger partial charge in [0.2, 0.25) is 0 Å². The number of allylic oxidation sites excluding steroid dienone is 1. The molecule has 0 aliphatic carbocycles. The lowest BCUT2D eigenvalue weighted by Gasteiger charge is -2.32. The van der Waals surface area contributed by atoms with Crippen LogP contribution in [0.4, 0.5) is 0 Å². The van der Waals surface area contributed by atoms with Gasteiger partial charge in [-0.1, -0.05) is 5.57 Å².